The molecule has 8 heteroatoms. The quantitative estimate of drug-likeness (QED) is 0.631. The third-order valence-electron chi connectivity index (χ3n) is 8.79. The van der Waals surface area contributed by atoms with E-state index in [4.69, 9.17) is 9.47 Å². The summed E-state index contributed by atoms with van der Waals surface area (Å²) in [6, 6.07) is 2.98. The maximum Gasteiger partial charge on any atom is 0.316 e. The van der Waals surface area contributed by atoms with Gasteiger partial charge in [-0.3, -0.25) is 0 Å². The summed E-state index contributed by atoms with van der Waals surface area (Å²) in [6.45, 7) is 8.17. The molecule has 4 aliphatic rings. The number of hydrogen-bond acceptors (Lipinski definition) is 8. The van der Waals surface area contributed by atoms with E-state index in [1.165, 1.54) is 71.0 Å². The highest BCUT2D eigenvalue weighted by molar-refractivity contribution is 5.68. The minimum atomic E-state index is 0.409. The Morgan fingerprint density at radius 3 is 2.51 bits per heavy atom. The van der Waals surface area contributed by atoms with Crippen LogP contribution in [-0.4, -0.2) is 71.1 Å². The molecule has 2 saturated carbocycles. The molecule has 35 heavy (non-hydrogen) atoms. The lowest BCUT2D eigenvalue weighted by atomic mass is 9.72. The van der Waals surface area contributed by atoms with Crippen LogP contribution in [0.3, 0.4) is 0 Å². The first-order valence-electron chi connectivity index (χ1n) is 13.3. The smallest absolute Gasteiger partial charge is 0.316 e. The summed E-state index contributed by atoms with van der Waals surface area (Å²) in [5.41, 5.74) is 4.06. The van der Waals surface area contributed by atoms with Gasteiger partial charge in [0.25, 0.3) is 0 Å². The average Bonchev–Trinajstić information content (AvgIpc) is 3.71. The van der Waals surface area contributed by atoms with Gasteiger partial charge in [0.1, 0.15) is 5.82 Å². The van der Waals surface area contributed by atoms with Gasteiger partial charge < -0.3 is 19.7 Å². The van der Waals surface area contributed by atoms with E-state index in [1.54, 1.807) is 7.11 Å². The summed E-state index contributed by atoms with van der Waals surface area (Å²) in [5.74, 6) is 1.34. The first-order chi connectivity index (χ1) is 17.0. The lowest BCUT2D eigenvalue weighted by molar-refractivity contribution is -0.141. The van der Waals surface area contributed by atoms with Crippen LogP contribution in [0.25, 0.3) is 11.1 Å². The molecule has 2 aromatic rings. The number of likely N-dealkylation sites (tertiary alicyclic amines) is 1. The maximum atomic E-state index is 5.50. The Labute approximate surface area is 208 Å². The molecule has 0 aromatic carbocycles. The highest BCUT2D eigenvalue weighted by atomic mass is 16.5. The van der Waals surface area contributed by atoms with Crippen LogP contribution in [0, 0.1) is 10.8 Å². The number of nitrogens with zero attached hydrogens (tertiary/aromatic N) is 5. The number of nitrogens with one attached hydrogen (secondary N) is 1. The van der Waals surface area contributed by atoms with Crippen LogP contribution in [0.1, 0.15) is 69.9 Å². The Hall–Kier alpha value is -2.32. The molecule has 0 atom stereocenters. The number of ether oxygens (including phenoxy) is 2. The largest absolute Gasteiger partial charge is 0.467 e. The van der Waals surface area contributed by atoms with E-state index in [2.05, 4.69) is 43.4 Å². The minimum Gasteiger partial charge on any atom is -0.467 e. The third kappa shape index (κ3) is 5.00. The SMILES string of the molecule is COc1ncc(-c2cnnc(NC3CCC(C)(CN4CCC5(CC4)COC5)CC3)c2)c(C2CC2)n1. The van der Waals surface area contributed by atoms with Gasteiger partial charge in [0.15, 0.2) is 0 Å². The number of piperidine rings is 1. The van der Waals surface area contributed by atoms with Crippen molar-refractivity contribution in [1.29, 1.82) is 0 Å². The summed E-state index contributed by atoms with van der Waals surface area (Å²) in [7, 11) is 1.61. The molecule has 2 aliphatic heterocycles. The molecule has 2 saturated heterocycles. The lowest BCUT2D eigenvalue weighted by Crippen LogP contribution is -2.52. The molecule has 0 radical (unpaired) electrons. The summed E-state index contributed by atoms with van der Waals surface area (Å²) in [6.07, 6.45) is 13.5. The Balaban J connectivity index is 1.06. The van der Waals surface area contributed by atoms with Crippen LogP contribution in [0.2, 0.25) is 0 Å². The predicted octanol–water partition coefficient (Wildman–Crippen LogP) is 4.29. The fourth-order valence-corrected chi connectivity index (χ4v) is 6.18. The minimum absolute atomic E-state index is 0.409. The van der Waals surface area contributed by atoms with E-state index in [0.717, 1.165) is 35.9 Å². The molecular formula is C27H38N6O2. The van der Waals surface area contributed by atoms with Gasteiger partial charge in [0.2, 0.25) is 0 Å². The van der Waals surface area contributed by atoms with E-state index in [-0.39, 0.29) is 0 Å². The first-order valence-corrected chi connectivity index (χ1v) is 13.3. The zero-order valence-electron chi connectivity index (χ0n) is 21.1. The molecule has 2 aliphatic carbocycles. The van der Waals surface area contributed by atoms with Crippen LogP contribution in [-0.2, 0) is 4.74 Å². The van der Waals surface area contributed by atoms with E-state index in [0.29, 0.717) is 28.8 Å². The van der Waals surface area contributed by atoms with Gasteiger partial charge in [-0.15, -0.1) is 5.10 Å². The van der Waals surface area contributed by atoms with Crippen LogP contribution in [0.4, 0.5) is 5.82 Å². The van der Waals surface area contributed by atoms with Gasteiger partial charge in [0, 0.05) is 41.2 Å². The van der Waals surface area contributed by atoms with Crippen molar-refractivity contribution in [2.75, 3.05) is 45.3 Å². The fraction of sp³-hybridized carbons (Fsp3) is 0.704. The third-order valence-corrected chi connectivity index (χ3v) is 8.79. The summed E-state index contributed by atoms with van der Waals surface area (Å²) >= 11 is 0. The Morgan fingerprint density at radius 1 is 1.09 bits per heavy atom. The molecule has 2 aromatic heterocycles. The second kappa shape index (κ2) is 9.28. The molecule has 0 amide bonds. The van der Waals surface area contributed by atoms with Crippen molar-refractivity contribution < 1.29 is 9.47 Å². The average molecular weight is 479 g/mol. The van der Waals surface area contributed by atoms with Crippen LogP contribution in [0.5, 0.6) is 6.01 Å². The summed E-state index contributed by atoms with van der Waals surface area (Å²) in [4.78, 5) is 11.7. The number of hydrogen-bond donors (Lipinski definition) is 1. The topological polar surface area (TPSA) is 85.3 Å². The van der Waals surface area contributed by atoms with Crippen molar-refractivity contribution in [3.8, 4) is 17.1 Å². The second-order valence-electron chi connectivity index (χ2n) is 11.8. The van der Waals surface area contributed by atoms with Gasteiger partial charge in [-0.25, -0.2) is 4.98 Å². The molecule has 0 unspecified atom stereocenters. The van der Waals surface area contributed by atoms with E-state index < -0.39 is 0 Å². The van der Waals surface area contributed by atoms with Gasteiger partial charge in [-0.2, -0.15) is 10.1 Å². The molecule has 6 rings (SSSR count). The highest BCUT2D eigenvalue weighted by Crippen LogP contribution is 2.44. The predicted molar refractivity (Wildman–Crippen MR) is 134 cm³/mol. The molecule has 1 spiro atoms. The fourth-order valence-electron chi connectivity index (χ4n) is 6.18. The van der Waals surface area contributed by atoms with Crippen molar-refractivity contribution in [3.05, 3.63) is 24.2 Å². The zero-order valence-corrected chi connectivity index (χ0v) is 21.1. The highest BCUT2D eigenvalue weighted by Gasteiger charge is 2.42. The first kappa shape index (κ1) is 23.1. The van der Waals surface area contributed by atoms with Crippen molar-refractivity contribution in [3.63, 3.8) is 0 Å². The maximum absolute atomic E-state index is 5.50. The Kier molecular flexibility index (Phi) is 6.13. The molecule has 4 heterocycles. The standard InChI is InChI=1S/C27H38N6O2/c1-26(16-33-11-9-27(10-12-33)17-35-18-27)7-5-21(6-8-26)30-23-13-20(14-29-32-23)22-15-28-25(34-2)31-24(22)19-3-4-19/h13-15,19,21H,3-12,16-18H2,1-2H3,(H,30,32). The Bertz CT molecular complexity index is 1040. The zero-order chi connectivity index (χ0) is 23.9. The molecule has 0 bridgehead atoms. The summed E-state index contributed by atoms with van der Waals surface area (Å²) in [5, 5.41) is 12.4. The van der Waals surface area contributed by atoms with Crippen molar-refractivity contribution in [2.45, 2.75) is 70.3 Å². The van der Waals surface area contributed by atoms with Crippen molar-refractivity contribution in [2.24, 2.45) is 10.8 Å². The molecule has 1 N–H and O–H groups in total. The molecule has 188 valence electrons. The molecular weight excluding hydrogens is 440 g/mol. The van der Waals surface area contributed by atoms with Gasteiger partial charge in [-0.1, -0.05) is 6.92 Å². The van der Waals surface area contributed by atoms with Crippen LogP contribution >= 0.6 is 0 Å². The van der Waals surface area contributed by atoms with E-state index >= 15 is 0 Å². The van der Waals surface area contributed by atoms with Crippen molar-refractivity contribution in [1.82, 2.24) is 25.1 Å². The Morgan fingerprint density at radius 2 is 1.86 bits per heavy atom. The number of anilines is 1. The van der Waals surface area contributed by atoms with Gasteiger partial charge in [0.05, 0.1) is 32.2 Å². The van der Waals surface area contributed by atoms with Gasteiger partial charge in [-0.05, 0) is 75.9 Å². The van der Waals surface area contributed by atoms with Gasteiger partial charge >= 0.3 is 6.01 Å². The van der Waals surface area contributed by atoms with Crippen LogP contribution < -0.4 is 10.1 Å². The normalized spacial score (nSPS) is 28.5. The molecule has 8 nitrogen and oxygen atoms in total. The van der Waals surface area contributed by atoms with Crippen LogP contribution in [0.15, 0.2) is 18.5 Å². The molecule has 4 fully saturated rings. The number of aromatic nitrogens is 4. The lowest BCUT2D eigenvalue weighted by Gasteiger charge is -2.49. The second-order valence-corrected chi connectivity index (χ2v) is 11.8. The monoisotopic (exact) mass is 478 g/mol. The number of rotatable bonds is 7. The summed E-state index contributed by atoms with van der Waals surface area (Å²) < 4.78 is 10.8. The number of methoxy groups -OCH3 is 1. The van der Waals surface area contributed by atoms with Crippen molar-refractivity contribution >= 4 is 5.82 Å². The van der Waals surface area contributed by atoms with E-state index in [1.807, 2.05) is 12.4 Å². The van der Waals surface area contributed by atoms with E-state index in [9.17, 15) is 0 Å².